The van der Waals surface area contributed by atoms with Crippen LogP contribution in [0.15, 0.2) is 72.8 Å². The number of carbonyl (C=O) groups excluding carboxylic acids is 1. The zero-order valence-corrected chi connectivity index (χ0v) is 15.4. The van der Waals surface area contributed by atoms with Crippen molar-refractivity contribution in [3.63, 3.8) is 0 Å². The highest BCUT2D eigenvalue weighted by molar-refractivity contribution is 6.03. The van der Waals surface area contributed by atoms with E-state index in [4.69, 9.17) is 5.73 Å². The van der Waals surface area contributed by atoms with Crippen LogP contribution in [0.4, 0.5) is 0 Å². The minimum Gasteiger partial charge on any atom is -0.478 e. The van der Waals surface area contributed by atoms with Crippen LogP contribution in [0.25, 0.3) is 27.6 Å². The lowest BCUT2D eigenvalue weighted by Crippen LogP contribution is -2.11. The van der Waals surface area contributed by atoms with Crippen LogP contribution in [0, 0.1) is 0 Å². The lowest BCUT2D eigenvalue weighted by Gasteiger charge is -2.23. The second kappa shape index (κ2) is 6.31. The summed E-state index contributed by atoms with van der Waals surface area (Å²) in [5, 5.41) is 13.5. The summed E-state index contributed by atoms with van der Waals surface area (Å²) in [4.78, 5) is 23.5. The highest BCUT2D eigenvalue weighted by Crippen LogP contribution is 2.41. The van der Waals surface area contributed by atoms with Gasteiger partial charge in [-0.15, -0.1) is 0 Å². The Hall–Kier alpha value is -3.92. The van der Waals surface area contributed by atoms with Gasteiger partial charge in [0, 0.05) is 11.5 Å². The maximum Gasteiger partial charge on any atom is 0.335 e. The van der Waals surface area contributed by atoms with Gasteiger partial charge in [0.15, 0.2) is 0 Å². The summed E-state index contributed by atoms with van der Waals surface area (Å²) < 4.78 is 0. The molecule has 1 aliphatic carbocycles. The molecule has 0 spiro atoms. The number of primary amides is 1. The van der Waals surface area contributed by atoms with Gasteiger partial charge in [0.05, 0.1) is 5.56 Å². The summed E-state index contributed by atoms with van der Waals surface area (Å²) >= 11 is 0. The average molecular weight is 379 g/mol. The van der Waals surface area contributed by atoms with E-state index in [1.54, 1.807) is 30.3 Å². The molecule has 0 aromatic heterocycles. The molecule has 0 radical (unpaired) electrons. The Labute approximate surface area is 166 Å². The predicted octanol–water partition coefficient (Wildman–Crippen LogP) is 4.95. The van der Waals surface area contributed by atoms with E-state index in [0.29, 0.717) is 5.56 Å². The molecular formula is C25H17NO3. The van der Waals surface area contributed by atoms with Gasteiger partial charge >= 0.3 is 5.97 Å². The van der Waals surface area contributed by atoms with Crippen molar-refractivity contribution in [2.24, 2.45) is 5.73 Å². The Balaban J connectivity index is 1.84. The molecule has 0 aliphatic heterocycles. The maximum atomic E-state index is 11.8. The summed E-state index contributed by atoms with van der Waals surface area (Å²) in [5.74, 6) is -1.61. The fraction of sp³-hybridized carbons (Fsp3) is 0.0400. The Kier molecular flexibility index (Phi) is 3.74. The summed E-state index contributed by atoms with van der Waals surface area (Å²) in [5.41, 5.74) is 9.23. The van der Waals surface area contributed by atoms with Gasteiger partial charge in [0.1, 0.15) is 0 Å². The second-order valence-corrected chi connectivity index (χ2v) is 7.30. The number of amides is 1. The number of fused-ring (bicyclic) bond motifs is 1. The van der Waals surface area contributed by atoms with Crippen LogP contribution in [0.5, 0.6) is 0 Å². The molecule has 1 unspecified atom stereocenters. The fourth-order valence-corrected chi connectivity index (χ4v) is 4.29. The standard InChI is InChI=1S/C25H17NO3/c26-24(27)17-8-7-16-11-18(25(28)29)13-22(21(16)12-17)19-10-9-15-4-1-3-14-5-2-6-20(19)23(14)15/h1-13,19H,(H2,26,27)(H,28,29). The van der Waals surface area contributed by atoms with E-state index in [2.05, 4.69) is 36.4 Å². The van der Waals surface area contributed by atoms with Crippen LogP contribution in [-0.4, -0.2) is 17.0 Å². The van der Waals surface area contributed by atoms with Crippen molar-refractivity contribution in [3.8, 4) is 0 Å². The number of carboxylic acid groups (broad SMARTS) is 1. The molecular weight excluding hydrogens is 362 g/mol. The van der Waals surface area contributed by atoms with E-state index in [-0.39, 0.29) is 11.5 Å². The van der Waals surface area contributed by atoms with Gasteiger partial charge in [0.2, 0.25) is 5.91 Å². The highest BCUT2D eigenvalue weighted by atomic mass is 16.4. The zero-order chi connectivity index (χ0) is 20.1. The van der Waals surface area contributed by atoms with Gasteiger partial charge in [-0.25, -0.2) is 4.79 Å². The molecule has 0 heterocycles. The van der Waals surface area contributed by atoms with Crippen molar-refractivity contribution >= 4 is 39.5 Å². The number of rotatable bonds is 3. The van der Waals surface area contributed by atoms with Crippen LogP contribution < -0.4 is 5.73 Å². The lowest BCUT2D eigenvalue weighted by atomic mass is 9.80. The quantitative estimate of drug-likeness (QED) is 0.528. The van der Waals surface area contributed by atoms with Gasteiger partial charge in [-0.05, 0) is 62.5 Å². The first-order valence-corrected chi connectivity index (χ1v) is 9.33. The third kappa shape index (κ3) is 2.69. The van der Waals surface area contributed by atoms with E-state index < -0.39 is 11.9 Å². The van der Waals surface area contributed by atoms with E-state index in [0.717, 1.165) is 32.8 Å². The normalized spacial score (nSPS) is 15.0. The zero-order valence-electron chi connectivity index (χ0n) is 15.4. The molecule has 4 nitrogen and oxygen atoms in total. The molecule has 1 aliphatic rings. The second-order valence-electron chi connectivity index (χ2n) is 7.30. The molecule has 140 valence electrons. The number of allylic oxidation sites excluding steroid dienone is 1. The molecule has 0 fully saturated rings. The smallest absolute Gasteiger partial charge is 0.335 e. The predicted molar refractivity (Wildman–Crippen MR) is 114 cm³/mol. The average Bonchev–Trinajstić information content (AvgIpc) is 2.73. The number of hydrogen-bond acceptors (Lipinski definition) is 2. The van der Waals surface area contributed by atoms with Gasteiger partial charge in [-0.1, -0.05) is 54.6 Å². The lowest BCUT2D eigenvalue weighted by molar-refractivity contribution is 0.0696. The van der Waals surface area contributed by atoms with E-state index in [1.807, 2.05) is 12.1 Å². The van der Waals surface area contributed by atoms with Crippen molar-refractivity contribution in [2.45, 2.75) is 5.92 Å². The monoisotopic (exact) mass is 379 g/mol. The molecule has 1 amide bonds. The number of benzene rings is 4. The minimum absolute atomic E-state index is 0.126. The third-order valence-corrected chi connectivity index (χ3v) is 5.63. The molecule has 0 saturated carbocycles. The third-order valence-electron chi connectivity index (χ3n) is 5.63. The number of carboxylic acids is 1. The van der Waals surface area contributed by atoms with E-state index >= 15 is 0 Å². The molecule has 1 atom stereocenters. The Morgan fingerprint density at radius 3 is 2.38 bits per heavy atom. The van der Waals surface area contributed by atoms with E-state index in [9.17, 15) is 14.7 Å². The Morgan fingerprint density at radius 1 is 0.828 bits per heavy atom. The van der Waals surface area contributed by atoms with Crippen LogP contribution in [-0.2, 0) is 0 Å². The molecule has 3 N–H and O–H groups in total. The number of hydrogen-bond donors (Lipinski definition) is 2. The summed E-state index contributed by atoms with van der Waals surface area (Å²) in [6, 6.07) is 20.9. The minimum atomic E-state index is -0.981. The van der Waals surface area contributed by atoms with Crippen molar-refractivity contribution < 1.29 is 14.7 Å². The molecule has 0 saturated heterocycles. The Bertz CT molecular complexity index is 1360. The number of aromatic carboxylic acids is 1. The molecule has 4 heteroatoms. The van der Waals surface area contributed by atoms with Crippen LogP contribution in [0.1, 0.15) is 43.3 Å². The summed E-state index contributed by atoms with van der Waals surface area (Å²) in [7, 11) is 0. The van der Waals surface area contributed by atoms with Gasteiger partial charge in [0.25, 0.3) is 0 Å². The van der Waals surface area contributed by atoms with Crippen LogP contribution in [0.3, 0.4) is 0 Å². The van der Waals surface area contributed by atoms with Crippen molar-refractivity contribution in [1.82, 2.24) is 0 Å². The van der Waals surface area contributed by atoms with Crippen molar-refractivity contribution in [1.29, 1.82) is 0 Å². The number of carbonyl (C=O) groups is 2. The molecule has 5 rings (SSSR count). The van der Waals surface area contributed by atoms with Gasteiger partial charge in [-0.2, -0.15) is 0 Å². The van der Waals surface area contributed by atoms with E-state index in [1.165, 1.54) is 5.39 Å². The molecule has 29 heavy (non-hydrogen) atoms. The fourth-order valence-electron chi connectivity index (χ4n) is 4.29. The topological polar surface area (TPSA) is 80.4 Å². The summed E-state index contributed by atoms with van der Waals surface area (Å²) in [6.45, 7) is 0. The van der Waals surface area contributed by atoms with Gasteiger partial charge < -0.3 is 10.8 Å². The van der Waals surface area contributed by atoms with Gasteiger partial charge in [-0.3, -0.25) is 4.79 Å². The SMILES string of the molecule is NC(=O)c1ccc2cc(C(=O)O)cc(C3C=Cc4cccc5cccc3c45)c2c1. The first-order valence-electron chi connectivity index (χ1n) is 9.33. The van der Waals surface area contributed by atoms with Crippen LogP contribution >= 0.6 is 0 Å². The highest BCUT2D eigenvalue weighted by Gasteiger charge is 2.22. The Morgan fingerprint density at radius 2 is 1.62 bits per heavy atom. The molecule has 4 aromatic rings. The first-order chi connectivity index (χ1) is 14.0. The largest absolute Gasteiger partial charge is 0.478 e. The molecule has 4 aromatic carbocycles. The molecule has 0 bridgehead atoms. The summed E-state index contributed by atoms with van der Waals surface area (Å²) in [6.07, 6.45) is 4.17. The first kappa shape index (κ1) is 17.2. The van der Waals surface area contributed by atoms with Crippen molar-refractivity contribution in [2.75, 3.05) is 0 Å². The van der Waals surface area contributed by atoms with Crippen LogP contribution in [0.2, 0.25) is 0 Å². The number of nitrogens with two attached hydrogens (primary N) is 1. The maximum absolute atomic E-state index is 11.8. The van der Waals surface area contributed by atoms with Crippen molar-refractivity contribution in [3.05, 3.63) is 101 Å².